The van der Waals surface area contributed by atoms with Crippen molar-refractivity contribution in [3.63, 3.8) is 0 Å². The van der Waals surface area contributed by atoms with E-state index in [1.54, 1.807) is 6.20 Å². The van der Waals surface area contributed by atoms with Gasteiger partial charge in [0.15, 0.2) is 5.82 Å². The van der Waals surface area contributed by atoms with Crippen molar-refractivity contribution in [2.24, 2.45) is 0 Å². The molecule has 3 rings (SSSR count). The molecule has 22 heavy (non-hydrogen) atoms. The van der Waals surface area contributed by atoms with Crippen LogP contribution in [0.5, 0.6) is 5.88 Å². The predicted octanol–water partition coefficient (Wildman–Crippen LogP) is 1.30. The van der Waals surface area contributed by atoms with E-state index in [0.717, 1.165) is 31.9 Å². The highest BCUT2D eigenvalue weighted by atomic mass is 16.5. The Morgan fingerprint density at radius 1 is 1.23 bits per heavy atom. The molecule has 2 saturated heterocycles. The number of aromatic nitrogens is 2. The molecule has 2 unspecified atom stereocenters. The van der Waals surface area contributed by atoms with Crippen molar-refractivity contribution in [2.75, 3.05) is 37.7 Å². The SMILES string of the molecule is CCOc1cncc(N2CCCC2CN2CCCC2CO)n1. The molecule has 6 nitrogen and oxygen atoms in total. The summed E-state index contributed by atoms with van der Waals surface area (Å²) in [5, 5.41) is 9.49. The lowest BCUT2D eigenvalue weighted by molar-refractivity contribution is 0.153. The first-order chi connectivity index (χ1) is 10.8. The van der Waals surface area contributed by atoms with Crippen molar-refractivity contribution < 1.29 is 9.84 Å². The van der Waals surface area contributed by atoms with Gasteiger partial charge in [-0.3, -0.25) is 9.88 Å². The van der Waals surface area contributed by atoms with Gasteiger partial charge >= 0.3 is 0 Å². The summed E-state index contributed by atoms with van der Waals surface area (Å²) in [5.74, 6) is 1.51. The maximum atomic E-state index is 9.49. The maximum absolute atomic E-state index is 9.49. The second-order valence-corrected chi connectivity index (χ2v) is 6.11. The Balaban J connectivity index is 1.68. The van der Waals surface area contributed by atoms with Gasteiger partial charge in [-0.05, 0) is 39.2 Å². The van der Waals surface area contributed by atoms with Crippen molar-refractivity contribution in [3.8, 4) is 5.88 Å². The van der Waals surface area contributed by atoms with Crippen molar-refractivity contribution in [2.45, 2.75) is 44.7 Å². The molecule has 3 heterocycles. The van der Waals surface area contributed by atoms with E-state index in [1.807, 2.05) is 13.1 Å². The second-order valence-electron chi connectivity index (χ2n) is 6.11. The zero-order valence-corrected chi connectivity index (χ0v) is 13.3. The number of aliphatic hydroxyl groups is 1. The van der Waals surface area contributed by atoms with Gasteiger partial charge < -0.3 is 14.7 Å². The lowest BCUT2D eigenvalue weighted by Gasteiger charge is -2.31. The molecule has 1 aromatic heterocycles. The molecule has 2 atom stereocenters. The van der Waals surface area contributed by atoms with Crippen LogP contribution in [-0.4, -0.2) is 64.9 Å². The monoisotopic (exact) mass is 306 g/mol. The number of anilines is 1. The van der Waals surface area contributed by atoms with Crippen LogP contribution in [0.1, 0.15) is 32.6 Å². The van der Waals surface area contributed by atoms with E-state index in [-0.39, 0.29) is 6.61 Å². The van der Waals surface area contributed by atoms with Crippen LogP contribution in [0.2, 0.25) is 0 Å². The van der Waals surface area contributed by atoms with E-state index in [9.17, 15) is 5.11 Å². The summed E-state index contributed by atoms with van der Waals surface area (Å²) >= 11 is 0. The van der Waals surface area contributed by atoms with Crippen LogP contribution >= 0.6 is 0 Å². The molecule has 0 spiro atoms. The summed E-state index contributed by atoms with van der Waals surface area (Å²) in [7, 11) is 0. The molecule has 0 saturated carbocycles. The highest BCUT2D eigenvalue weighted by Gasteiger charge is 2.32. The number of ether oxygens (including phenoxy) is 1. The zero-order valence-electron chi connectivity index (χ0n) is 13.3. The fourth-order valence-electron chi connectivity index (χ4n) is 3.63. The Kier molecular flexibility index (Phi) is 5.10. The first-order valence-corrected chi connectivity index (χ1v) is 8.38. The number of aliphatic hydroxyl groups excluding tert-OH is 1. The number of hydrogen-bond donors (Lipinski definition) is 1. The van der Waals surface area contributed by atoms with Gasteiger partial charge in [-0.15, -0.1) is 0 Å². The van der Waals surface area contributed by atoms with E-state index >= 15 is 0 Å². The molecular weight excluding hydrogens is 280 g/mol. The van der Waals surface area contributed by atoms with E-state index in [4.69, 9.17) is 4.74 Å². The van der Waals surface area contributed by atoms with Crippen LogP contribution in [0.3, 0.4) is 0 Å². The number of hydrogen-bond acceptors (Lipinski definition) is 6. The smallest absolute Gasteiger partial charge is 0.234 e. The molecule has 0 aromatic carbocycles. The van der Waals surface area contributed by atoms with Crippen LogP contribution in [0, 0.1) is 0 Å². The summed E-state index contributed by atoms with van der Waals surface area (Å²) in [4.78, 5) is 13.6. The first-order valence-electron chi connectivity index (χ1n) is 8.38. The third kappa shape index (κ3) is 3.33. The summed E-state index contributed by atoms with van der Waals surface area (Å²) < 4.78 is 5.47. The van der Waals surface area contributed by atoms with Gasteiger partial charge in [0.05, 0.1) is 25.6 Å². The average Bonchev–Trinajstić information content (AvgIpc) is 3.17. The minimum Gasteiger partial charge on any atom is -0.477 e. The molecular formula is C16H26N4O2. The molecule has 0 bridgehead atoms. The van der Waals surface area contributed by atoms with Crippen LogP contribution in [-0.2, 0) is 0 Å². The standard InChI is InChI=1S/C16H26N4O2/c1-2-22-16-10-17-9-15(18-16)20-8-4-5-13(20)11-19-7-3-6-14(19)12-21/h9-10,13-14,21H,2-8,11-12H2,1H3. The van der Waals surface area contributed by atoms with E-state index < -0.39 is 0 Å². The summed E-state index contributed by atoms with van der Waals surface area (Å²) in [6.07, 6.45) is 8.16. The molecule has 2 aliphatic heterocycles. The number of rotatable bonds is 6. The van der Waals surface area contributed by atoms with E-state index in [1.165, 1.54) is 19.3 Å². The molecule has 6 heteroatoms. The fraction of sp³-hybridized carbons (Fsp3) is 0.750. The van der Waals surface area contributed by atoms with Crippen molar-refractivity contribution in [3.05, 3.63) is 12.4 Å². The third-order valence-electron chi connectivity index (χ3n) is 4.72. The second kappa shape index (κ2) is 7.24. The minimum absolute atomic E-state index is 0.270. The predicted molar refractivity (Wildman–Crippen MR) is 85.2 cm³/mol. The van der Waals surface area contributed by atoms with Crippen LogP contribution in [0.15, 0.2) is 12.4 Å². The normalized spacial score (nSPS) is 25.8. The molecule has 2 aliphatic rings. The third-order valence-corrected chi connectivity index (χ3v) is 4.72. The molecule has 122 valence electrons. The van der Waals surface area contributed by atoms with Gasteiger partial charge in [-0.1, -0.05) is 0 Å². The Hall–Kier alpha value is -1.40. The lowest BCUT2D eigenvalue weighted by atomic mass is 10.2. The van der Waals surface area contributed by atoms with Crippen LogP contribution in [0.4, 0.5) is 5.82 Å². The highest BCUT2D eigenvalue weighted by Crippen LogP contribution is 2.27. The molecule has 0 amide bonds. The summed E-state index contributed by atoms with van der Waals surface area (Å²) in [5.41, 5.74) is 0. The Labute approximate surface area is 132 Å². The summed E-state index contributed by atoms with van der Waals surface area (Å²) in [6, 6.07) is 0.793. The van der Waals surface area contributed by atoms with Gasteiger partial charge in [0, 0.05) is 25.2 Å². The van der Waals surface area contributed by atoms with Gasteiger partial charge in [0.2, 0.25) is 5.88 Å². The Bertz CT molecular complexity index is 485. The lowest BCUT2D eigenvalue weighted by Crippen LogP contribution is -2.43. The van der Waals surface area contributed by atoms with Crippen LogP contribution < -0.4 is 9.64 Å². The molecule has 1 aromatic rings. The van der Waals surface area contributed by atoms with Gasteiger partial charge in [-0.2, -0.15) is 4.98 Å². The van der Waals surface area contributed by atoms with Crippen LogP contribution in [0.25, 0.3) is 0 Å². The van der Waals surface area contributed by atoms with Gasteiger partial charge in [0.25, 0.3) is 0 Å². The van der Waals surface area contributed by atoms with E-state index in [0.29, 0.717) is 24.6 Å². The zero-order chi connectivity index (χ0) is 15.4. The molecule has 2 fully saturated rings. The average molecular weight is 306 g/mol. The topological polar surface area (TPSA) is 61.7 Å². The maximum Gasteiger partial charge on any atom is 0.234 e. The number of nitrogens with zero attached hydrogens (tertiary/aromatic N) is 4. The number of likely N-dealkylation sites (tertiary alicyclic amines) is 1. The Morgan fingerprint density at radius 2 is 2.05 bits per heavy atom. The summed E-state index contributed by atoms with van der Waals surface area (Å²) in [6.45, 7) is 5.95. The van der Waals surface area contributed by atoms with Crippen molar-refractivity contribution in [1.82, 2.24) is 14.9 Å². The van der Waals surface area contributed by atoms with E-state index in [2.05, 4.69) is 19.8 Å². The quantitative estimate of drug-likeness (QED) is 0.855. The Morgan fingerprint density at radius 3 is 2.86 bits per heavy atom. The van der Waals surface area contributed by atoms with Gasteiger partial charge in [-0.25, -0.2) is 0 Å². The van der Waals surface area contributed by atoms with Crippen molar-refractivity contribution >= 4 is 5.82 Å². The molecule has 1 N–H and O–H groups in total. The largest absolute Gasteiger partial charge is 0.477 e. The first kappa shape index (κ1) is 15.5. The highest BCUT2D eigenvalue weighted by molar-refractivity contribution is 5.40. The molecule has 0 aliphatic carbocycles. The minimum atomic E-state index is 0.270. The molecule has 0 radical (unpaired) electrons. The van der Waals surface area contributed by atoms with Crippen molar-refractivity contribution in [1.29, 1.82) is 0 Å². The fourth-order valence-corrected chi connectivity index (χ4v) is 3.63. The van der Waals surface area contributed by atoms with Gasteiger partial charge in [0.1, 0.15) is 0 Å².